The molecule has 0 aliphatic heterocycles. The van der Waals surface area contributed by atoms with Crippen LogP contribution in [-0.4, -0.2) is 31.1 Å². The summed E-state index contributed by atoms with van der Waals surface area (Å²) in [6.45, 7) is 12.5. The number of nitrogens with one attached hydrogen (secondary N) is 1. The number of thiophene rings is 1. The van der Waals surface area contributed by atoms with Crippen molar-refractivity contribution in [1.29, 1.82) is 0 Å². The molecule has 1 rings (SSSR count). The van der Waals surface area contributed by atoms with Gasteiger partial charge >= 0.3 is 0 Å². The molecule has 1 atom stereocenters. The van der Waals surface area contributed by atoms with Gasteiger partial charge in [-0.3, -0.25) is 0 Å². The largest absolute Gasteiger partial charge is 0.314 e. The van der Waals surface area contributed by atoms with Crippen LogP contribution in [0.1, 0.15) is 45.4 Å². The fourth-order valence-electron chi connectivity index (χ4n) is 2.65. The Hall–Kier alpha value is -0.380. The summed E-state index contributed by atoms with van der Waals surface area (Å²) in [7, 11) is 2.24. The molecule has 0 saturated heterocycles. The Labute approximate surface area is 123 Å². The van der Waals surface area contributed by atoms with E-state index < -0.39 is 0 Å². The summed E-state index contributed by atoms with van der Waals surface area (Å²) in [5, 5.41) is 5.77. The lowest BCUT2D eigenvalue weighted by molar-refractivity contribution is 0.166. The second kappa shape index (κ2) is 8.03. The zero-order valence-electron chi connectivity index (χ0n) is 13.2. The van der Waals surface area contributed by atoms with E-state index in [9.17, 15) is 0 Å². The molecule has 0 aromatic carbocycles. The fraction of sp³-hybridized carbons (Fsp3) is 0.750. The molecule has 3 heteroatoms. The smallest absolute Gasteiger partial charge is 0.0325 e. The van der Waals surface area contributed by atoms with Gasteiger partial charge in [-0.1, -0.05) is 40.2 Å². The van der Waals surface area contributed by atoms with E-state index in [4.69, 9.17) is 0 Å². The molecule has 19 heavy (non-hydrogen) atoms. The first kappa shape index (κ1) is 16.7. The first-order valence-corrected chi connectivity index (χ1v) is 8.27. The lowest BCUT2D eigenvalue weighted by atomic mass is 9.84. The molecular formula is C16H30N2S. The van der Waals surface area contributed by atoms with Crippen molar-refractivity contribution in [1.82, 2.24) is 10.2 Å². The maximum Gasteiger partial charge on any atom is 0.0325 e. The number of hydrogen-bond acceptors (Lipinski definition) is 3. The van der Waals surface area contributed by atoms with Crippen LogP contribution in [0.15, 0.2) is 17.5 Å². The van der Waals surface area contributed by atoms with E-state index in [1.54, 1.807) is 0 Å². The van der Waals surface area contributed by atoms with Crippen LogP contribution >= 0.6 is 11.3 Å². The molecule has 0 spiro atoms. The van der Waals surface area contributed by atoms with Crippen molar-refractivity contribution in [3.8, 4) is 0 Å². The molecule has 2 nitrogen and oxygen atoms in total. The molecule has 110 valence electrons. The Morgan fingerprint density at radius 1 is 1.42 bits per heavy atom. The Morgan fingerprint density at radius 2 is 2.16 bits per heavy atom. The molecule has 1 aromatic heterocycles. The Balaban J connectivity index is 2.50. The summed E-state index contributed by atoms with van der Waals surface area (Å²) in [4.78, 5) is 3.92. The van der Waals surface area contributed by atoms with Crippen molar-refractivity contribution in [2.45, 2.75) is 53.1 Å². The summed E-state index contributed by atoms with van der Waals surface area (Å²) < 4.78 is 0. The second-order valence-electron chi connectivity index (χ2n) is 6.35. The normalized spacial score (nSPS) is 15.1. The summed E-state index contributed by atoms with van der Waals surface area (Å²) in [5.74, 6) is 0. The maximum atomic E-state index is 3.61. The van der Waals surface area contributed by atoms with Gasteiger partial charge in [0.15, 0.2) is 0 Å². The summed E-state index contributed by atoms with van der Waals surface area (Å²) in [6, 6.07) is 4.93. The highest BCUT2D eigenvalue weighted by atomic mass is 32.1. The van der Waals surface area contributed by atoms with Gasteiger partial charge in [-0.15, -0.1) is 11.3 Å². The fourth-order valence-corrected chi connectivity index (χ4v) is 3.44. The van der Waals surface area contributed by atoms with Gasteiger partial charge in [-0.25, -0.2) is 0 Å². The van der Waals surface area contributed by atoms with Gasteiger partial charge in [0.2, 0.25) is 0 Å². The lowest BCUT2D eigenvalue weighted by Gasteiger charge is -2.34. The Morgan fingerprint density at radius 3 is 2.68 bits per heavy atom. The monoisotopic (exact) mass is 282 g/mol. The van der Waals surface area contributed by atoms with Crippen molar-refractivity contribution >= 4 is 11.3 Å². The summed E-state index contributed by atoms with van der Waals surface area (Å²) in [6.07, 6.45) is 2.53. The van der Waals surface area contributed by atoms with Gasteiger partial charge in [0, 0.05) is 30.6 Å². The zero-order valence-corrected chi connectivity index (χ0v) is 14.0. The van der Waals surface area contributed by atoms with E-state index in [0.717, 1.165) is 19.6 Å². The van der Waals surface area contributed by atoms with Gasteiger partial charge in [-0.05, 0) is 30.3 Å². The predicted molar refractivity (Wildman–Crippen MR) is 86.8 cm³/mol. The molecule has 0 bridgehead atoms. The van der Waals surface area contributed by atoms with Crippen LogP contribution in [-0.2, 0) is 6.54 Å². The van der Waals surface area contributed by atoms with E-state index in [-0.39, 0.29) is 0 Å². The molecule has 0 radical (unpaired) electrons. The average molecular weight is 282 g/mol. The molecule has 0 amide bonds. The molecule has 0 saturated carbocycles. The standard InChI is InChI=1S/C16H30N2S/c1-6-9-16(4,12-17-14(2)3)13-18(5)11-15-8-7-10-19-15/h7-8,10,14,17H,6,9,11-13H2,1-5H3. The van der Waals surface area contributed by atoms with Crippen LogP contribution in [0.2, 0.25) is 0 Å². The first-order chi connectivity index (χ1) is 8.95. The van der Waals surface area contributed by atoms with E-state index in [1.165, 1.54) is 17.7 Å². The molecular weight excluding hydrogens is 252 g/mol. The van der Waals surface area contributed by atoms with Crippen molar-refractivity contribution in [3.63, 3.8) is 0 Å². The topological polar surface area (TPSA) is 15.3 Å². The van der Waals surface area contributed by atoms with Crippen LogP contribution in [0.4, 0.5) is 0 Å². The highest BCUT2D eigenvalue weighted by molar-refractivity contribution is 7.09. The SMILES string of the molecule is CCCC(C)(CNC(C)C)CN(C)Cc1cccs1. The van der Waals surface area contributed by atoms with Gasteiger partial charge in [0.1, 0.15) is 0 Å². The highest BCUT2D eigenvalue weighted by Gasteiger charge is 2.25. The third kappa shape index (κ3) is 6.55. The molecule has 1 aromatic rings. The van der Waals surface area contributed by atoms with Crippen LogP contribution in [0.3, 0.4) is 0 Å². The minimum atomic E-state index is 0.366. The van der Waals surface area contributed by atoms with Crippen LogP contribution in [0, 0.1) is 5.41 Å². The molecule has 1 unspecified atom stereocenters. The Bertz CT molecular complexity index is 335. The van der Waals surface area contributed by atoms with E-state index in [0.29, 0.717) is 11.5 Å². The third-order valence-electron chi connectivity index (χ3n) is 3.45. The van der Waals surface area contributed by atoms with E-state index >= 15 is 0 Å². The van der Waals surface area contributed by atoms with Gasteiger partial charge in [-0.2, -0.15) is 0 Å². The number of rotatable bonds is 9. The van der Waals surface area contributed by atoms with E-state index in [1.807, 2.05) is 11.3 Å². The molecule has 1 N–H and O–H groups in total. The Kier molecular flexibility index (Phi) is 7.05. The summed E-state index contributed by atoms with van der Waals surface area (Å²) in [5.41, 5.74) is 0.366. The van der Waals surface area contributed by atoms with Crippen molar-refractivity contribution < 1.29 is 0 Å². The van der Waals surface area contributed by atoms with Gasteiger partial charge < -0.3 is 10.2 Å². The first-order valence-electron chi connectivity index (χ1n) is 7.39. The minimum Gasteiger partial charge on any atom is -0.314 e. The molecule has 0 aliphatic carbocycles. The number of nitrogens with zero attached hydrogens (tertiary/aromatic N) is 1. The average Bonchev–Trinajstić information content (AvgIpc) is 2.79. The minimum absolute atomic E-state index is 0.366. The number of hydrogen-bond donors (Lipinski definition) is 1. The zero-order chi connectivity index (χ0) is 14.3. The molecule has 1 heterocycles. The quantitative estimate of drug-likeness (QED) is 0.737. The lowest BCUT2D eigenvalue weighted by Crippen LogP contribution is -2.42. The molecule has 0 aliphatic rings. The second-order valence-corrected chi connectivity index (χ2v) is 7.38. The summed E-state index contributed by atoms with van der Waals surface area (Å²) >= 11 is 1.85. The highest BCUT2D eigenvalue weighted by Crippen LogP contribution is 2.25. The van der Waals surface area contributed by atoms with Crippen molar-refractivity contribution in [2.75, 3.05) is 20.1 Å². The van der Waals surface area contributed by atoms with Gasteiger partial charge in [0.05, 0.1) is 0 Å². The molecule has 0 fully saturated rings. The third-order valence-corrected chi connectivity index (χ3v) is 4.31. The van der Waals surface area contributed by atoms with E-state index in [2.05, 4.69) is 62.5 Å². The van der Waals surface area contributed by atoms with Crippen LogP contribution < -0.4 is 5.32 Å². The van der Waals surface area contributed by atoms with Crippen LogP contribution in [0.5, 0.6) is 0 Å². The van der Waals surface area contributed by atoms with Gasteiger partial charge in [0.25, 0.3) is 0 Å². The van der Waals surface area contributed by atoms with Crippen molar-refractivity contribution in [2.24, 2.45) is 5.41 Å². The van der Waals surface area contributed by atoms with Crippen LogP contribution in [0.25, 0.3) is 0 Å². The predicted octanol–water partition coefficient (Wildman–Crippen LogP) is 3.98. The van der Waals surface area contributed by atoms with Crippen molar-refractivity contribution in [3.05, 3.63) is 22.4 Å². The maximum absolute atomic E-state index is 3.61.